The molecule has 2 rings (SSSR count). The van der Waals surface area contributed by atoms with E-state index in [1.807, 2.05) is 25.1 Å². The van der Waals surface area contributed by atoms with Crippen molar-refractivity contribution < 1.29 is 19.0 Å². The fourth-order valence-corrected chi connectivity index (χ4v) is 2.31. The lowest BCUT2D eigenvalue weighted by molar-refractivity contribution is 0.0955. The molecule has 0 aliphatic rings. The zero-order valence-electron chi connectivity index (χ0n) is 16.0. The van der Waals surface area contributed by atoms with Gasteiger partial charge in [-0.3, -0.25) is 4.79 Å². The van der Waals surface area contributed by atoms with Crippen LogP contribution in [0.25, 0.3) is 0 Å². The largest absolute Gasteiger partial charge is 0.497 e. The third-order valence-corrected chi connectivity index (χ3v) is 3.73. The van der Waals surface area contributed by atoms with Crippen molar-refractivity contribution in [2.24, 2.45) is 5.10 Å². The van der Waals surface area contributed by atoms with Crippen LogP contribution in [0.15, 0.2) is 47.6 Å². The molecule has 6 nitrogen and oxygen atoms in total. The van der Waals surface area contributed by atoms with Crippen molar-refractivity contribution in [2.75, 3.05) is 20.3 Å². The van der Waals surface area contributed by atoms with Crippen LogP contribution in [0.2, 0.25) is 0 Å². The third-order valence-electron chi connectivity index (χ3n) is 3.73. The molecule has 0 heterocycles. The number of rotatable bonds is 10. The minimum Gasteiger partial charge on any atom is -0.497 e. The monoisotopic (exact) mass is 370 g/mol. The number of nitrogens with one attached hydrogen (secondary N) is 1. The van der Waals surface area contributed by atoms with E-state index in [0.29, 0.717) is 36.0 Å². The molecule has 0 saturated carbocycles. The number of carbonyl (C=O) groups excluding carboxylic acids is 1. The summed E-state index contributed by atoms with van der Waals surface area (Å²) < 4.78 is 16.5. The maximum atomic E-state index is 12.1. The van der Waals surface area contributed by atoms with Crippen LogP contribution in [0.1, 0.15) is 42.6 Å². The van der Waals surface area contributed by atoms with Crippen molar-refractivity contribution in [1.29, 1.82) is 0 Å². The molecule has 0 saturated heterocycles. The van der Waals surface area contributed by atoms with Crippen LogP contribution in [0.5, 0.6) is 17.2 Å². The standard InChI is InChI=1S/C21H26N2O4/c1-4-6-12-27-19-11-10-16(13-20(19)26-5-2)15-22-23-21(24)17-8-7-9-18(14-17)25-3/h7-11,13-15H,4-6,12H2,1-3H3,(H,23,24). The number of amides is 1. The molecule has 27 heavy (non-hydrogen) atoms. The van der Waals surface area contributed by atoms with Gasteiger partial charge in [0.05, 0.1) is 26.5 Å². The van der Waals surface area contributed by atoms with Crippen LogP contribution in [-0.2, 0) is 0 Å². The number of nitrogens with zero attached hydrogens (tertiary/aromatic N) is 1. The number of ether oxygens (including phenoxy) is 3. The molecular weight excluding hydrogens is 344 g/mol. The Bertz CT molecular complexity index is 775. The summed E-state index contributed by atoms with van der Waals surface area (Å²) in [5.74, 6) is 1.68. The van der Waals surface area contributed by atoms with E-state index in [2.05, 4.69) is 17.5 Å². The molecular formula is C21H26N2O4. The van der Waals surface area contributed by atoms with Crippen molar-refractivity contribution in [2.45, 2.75) is 26.7 Å². The second kappa shape index (κ2) is 10.9. The van der Waals surface area contributed by atoms with Gasteiger partial charge in [0.1, 0.15) is 5.75 Å². The Kier molecular flexibility index (Phi) is 8.16. The fraction of sp³-hybridized carbons (Fsp3) is 0.333. The molecule has 144 valence electrons. The highest BCUT2D eigenvalue weighted by Gasteiger charge is 2.07. The van der Waals surface area contributed by atoms with Gasteiger partial charge in [-0.2, -0.15) is 5.10 Å². The molecule has 2 aromatic rings. The van der Waals surface area contributed by atoms with Crippen molar-refractivity contribution >= 4 is 12.1 Å². The van der Waals surface area contributed by atoms with Crippen molar-refractivity contribution in [3.8, 4) is 17.2 Å². The summed E-state index contributed by atoms with van der Waals surface area (Å²) in [4.78, 5) is 12.1. The fourth-order valence-electron chi connectivity index (χ4n) is 2.31. The summed E-state index contributed by atoms with van der Waals surface area (Å²) >= 11 is 0. The van der Waals surface area contributed by atoms with Gasteiger partial charge in [0.2, 0.25) is 0 Å². The highest BCUT2D eigenvalue weighted by Crippen LogP contribution is 2.28. The smallest absolute Gasteiger partial charge is 0.271 e. The zero-order chi connectivity index (χ0) is 19.5. The number of hydrogen-bond donors (Lipinski definition) is 1. The third kappa shape index (κ3) is 6.33. The Morgan fingerprint density at radius 3 is 2.70 bits per heavy atom. The Morgan fingerprint density at radius 2 is 1.96 bits per heavy atom. The lowest BCUT2D eigenvalue weighted by Gasteiger charge is -2.12. The van der Waals surface area contributed by atoms with E-state index in [-0.39, 0.29) is 5.91 Å². The van der Waals surface area contributed by atoms with E-state index < -0.39 is 0 Å². The second-order valence-corrected chi connectivity index (χ2v) is 5.77. The summed E-state index contributed by atoms with van der Waals surface area (Å²) in [6.45, 7) is 5.23. The van der Waals surface area contributed by atoms with Crippen LogP contribution >= 0.6 is 0 Å². The van der Waals surface area contributed by atoms with E-state index in [1.54, 1.807) is 37.6 Å². The molecule has 0 aromatic heterocycles. The van der Waals surface area contributed by atoms with Crippen LogP contribution < -0.4 is 19.6 Å². The molecule has 1 amide bonds. The minimum atomic E-state index is -0.310. The SMILES string of the molecule is CCCCOc1ccc(C=NNC(=O)c2cccc(OC)c2)cc1OCC. The number of hydrogen-bond acceptors (Lipinski definition) is 5. The number of hydrazone groups is 1. The van der Waals surface area contributed by atoms with Gasteiger partial charge in [0.25, 0.3) is 5.91 Å². The molecule has 0 radical (unpaired) electrons. The Labute approximate surface area is 160 Å². The molecule has 1 N–H and O–H groups in total. The lowest BCUT2D eigenvalue weighted by atomic mass is 10.2. The molecule has 0 atom stereocenters. The van der Waals surface area contributed by atoms with E-state index in [9.17, 15) is 4.79 Å². The molecule has 6 heteroatoms. The van der Waals surface area contributed by atoms with Crippen LogP contribution in [0, 0.1) is 0 Å². The average Bonchev–Trinajstić information content (AvgIpc) is 2.70. The zero-order valence-corrected chi connectivity index (χ0v) is 16.0. The number of benzene rings is 2. The van der Waals surface area contributed by atoms with Crippen LogP contribution in [0.3, 0.4) is 0 Å². The number of unbranched alkanes of at least 4 members (excludes halogenated alkanes) is 1. The maximum absolute atomic E-state index is 12.1. The van der Waals surface area contributed by atoms with E-state index in [4.69, 9.17) is 14.2 Å². The van der Waals surface area contributed by atoms with E-state index in [1.165, 1.54) is 0 Å². The molecule has 0 aliphatic heterocycles. The second-order valence-electron chi connectivity index (χ2n) is 5.77. The first-order valence-corrected chi connectivity index (χ1v) is 9.05. The van der Waals surface area contributed by atoms with Crippen molar-refractivity contribution in [1.82, 2.24) is 5.43 Å². The topological polar surface area (TPSA) is 69.2 Å². The van der Waals surface area contributed by atoms with Crippen molar-refractivity contribution in [3.63, 3.8) is 0 Å². The summed E-state index contributed by atoms with van der Waals surface area (Å²) in [6.07, 6.45) is 3.63. The molecule has 0 unspecified atom stereocenters. The Hall–Kier alpha value is -3.02. The van der Waals surface area contributed by atoms with Gasteiger partial charge in [-0.05, 0) is 55.3 Å². The number of carbonyl (C=O) groups is 1. The van der Waals surface area contributed by atoms with E-state index >= 15 is 0 Å². The first kappa shape index (κ1) is 20.3. The molecule has 2 aromatic carbocycles. The normalized spacial score (nSPS) is 10.6. The van der Waals surface area contributed by atoms with Crippen LogP contribution in [0.4, 0.5) is 0 Å². The first-order chi connectivity index (χ1) is 13.2. The number of methoxy groups -OCH3 is 1. The highest BCUT2D eigenvalue weighted by molar-refractivity contribution is 5.95. The van der Waals surface area contributed by atoms with Gasteiger partial charge in [-0.15, -0.1) is 0 Å². The molecule has 0 aliphatic carbocycles. The van der Waals surface area contributed by atoms with Gasteiger partial charge in [0.15, 0.2) is 11.5 Å². The predicted octanol–water partition coefficient (Wildman–Crippen LogP) is 4.04. The summed E-state index contributed by atoms with van der Waals surface area (Å²) in [5.41, 5.74) is 3.78. The maximum Gasteiger partial charge on any atom is 0.271 e. The minimum absolute atomic E-state index is 0.310. The van der Waals surface area contributed by atoms with Gasteiger partial charge >= 0.3 is 0 Å². The summed E-state index contributed by atoms with van der Waals surface area (Å²) in [6, 6.07) is 12.4. The van der Waals surface area contributed by atoms with Gasteiger partial charge in [0, 0.05) is 5.56 Å². The first-order valence-electron chi connectivity index (χ1n) is 9.05. The van der Waals surface area contributed by atoms with Crippen LogP contribution in [-0.4, -0.2) is 32.4 Å². The van der Waals surface area contributed by atoms with E-state index in [0.717, 1.165) is 18.4 Å². The molecule has 0 spiro atoms. The highest BCUT2D eigenvalue weighted by atomic mass is 16.5. The van der Waals surface area contributed by atoms with Gasteiger partial charge < -0.3 is 14.2 Å². The Morgan fingerprint density at radius 1 is 1.11 bits per heavy atom. The predicted molar refractivity (Wildman–Crippen MR) is 106 cm³/mol. The quantitative estimate of drug-likeness (QED) is 0.389. The lowest BCUT2D eigenvalue weighted by Crippen LogP contribution is -2.17. The molecule has 0 fully saturated rings. The van der Waals surface area contributed by atoms with Gasteiger partial charge in [-0.25, -0.2) is 5.43 Å². The Balaban J connectivity index is 2.02. The average molecular weight is 370 g/mol. The summed E-state index contributed by atoms with van der Waals surface area (Å²) in [7, 11) is 1.56. The summed E-state index contributed by atoms with van der Waals surface area (Å²) in [5, 5.41) is 4.02. The molecule has 0 bridgehead atoms. The van der Waals surface area contributed by atoms with Gasteiger partial charge in [-0.1, -0.05) is 19.4 Å². The van der Waals surface area contributed by atoms with Crippen molar-refractivity contribution in [3.05, 3.63) is 53.6 Å².